The summed E-state index contributed by atoms with van der Waals surface area (Å²) >= 11 is 0. The van der Waals surface area contributed by atoms with E-state index in [4.69, 9.17) is 10.9 Å². The fourth-order valence-corrected chi connectivity index (χ4v) is 2.16. The summed E-state index contributed by atoms with van der Waals surface area (Å²) in [5.74, 6) is 0.217. The lowest BCUT2D eigenvalue weighted by Gasteiger charge is -2.18. The second-order valence-corrected chi connectivity index (χ2v) is 4.78. The molecule has 1 aromatic heterocycles. The number of nitrogens with zero attached hydrogens (tertiary/aromatic N) is 2. The molecule has 0 spiro atoms. The first-order valence-corrected chi connectivity index (χ1v) is 6.94. The van der Waals surface area contributed by atoms with Crippen LogP contribution in [-0.4, -0.2) is 22.6 Å². The van der Waals surface area contributed by atoms with Crippen molar-refractivity contribution in [3.05, 3.63) is 66.0 Å². The Morgan fingerprint density at radius 2 is 1.95 bits per heavy atom. The van der Waals surface area contributed by atoms with Crippen LogP contribution in [0, 0.1) is 0 Å². The van der Waals surface area contributed by atoms with E-state index in [0.29, 0.717) is 6.42 Å². The summed E-state index contributed by atoms with van der Waals surface area (Å²) in [5, 5.41) is 15.3. The van der Waals surface area contributed by atoms with E-state index in [2.05, 4.69) is 15.5 Å². The molecular weight excluding hydrogens is 264 g/mol. The summed E-state index contributed by atoms with van der Waals surface area (Å²) in [4.78, 5) is 4.30. The summed E-state index contributed by atoms with van der Waals surface area (Å²) in [6, 6.07) is 15.9. The van der Waals surface area contributed by atoms with Crippen LogP contribution in [0.5, 0.6) is 0 Å². The van der Waals surface area contributed by atoms with E-state index >= 15 is 0 Å². The highest BCUT2D eigenvalue weighted by molar-refractivity contribution is 5.80. The number of amidine groups is 1. The van der Waals surface area contributed by atoms with Gasteiger partial charge in [-0.3, -0.25) is 4.98 Å². The highest BCUT2D eigenvalue weighted by Gasteiger charge is 2.12. The summed E-state index contributed by atoms with van der Waals surface area (Å²) in [5.41, 5.74) is 7.80. The van der Waals surface area contributed by atoms with E-state index in [1.165, 1.54) is 0 Å². The number of hydrogen-bond acceptors (Lipinski definition) is 4. The number of nitrogens with one attached hydrogen (secondary N) is 1. The van der Waals surface area contributed by atoms with Crippen LogP contribution in [0.15, 0.2) is 59.9 Å². The zero-order valence-electron chi connectivity index (χ0n) is 11.8. The Morgan fingerprint density at radius 3 is 2.62 bits per heavy atom. The van der Waals surface area contributed by atoms with Gasteiger partial charge in [-0.25, -0.2) is 0 Å². The maximum absolute atomic E-state index is 8.76. The molecule has 0 fully saturated rings. The Hall–Kier alpha value is -2.40. The molecular formula is C16H20N4O. The first-order chi connectivity index (χ1) is 10.3. The number of aromatic nitrogens is 1. The second-order valence-electron chi connectivity index (χ2n) is 4.78. The molecule has 0 aliphatic heterocycles. The minimum Gasteiger partial charge on any atom is -0.409 e. The van der Waals surface area contributed by atoms with E-state index in [9.17, 15) is 0 Å². The predicted octanol–water partition coefficient (Wildman–Crippen LogP) is 2.09. The second kappa shape index (κ2) is 8.01. The van der Waals surface area contributed by atoms with E-state index in [-0.39, 0.29) is 11.9 Å². The van der Waals surface area contributed by atoms with Gasteiger partial charge in [0.25, 0.3) is 0 Å². The van der Waals surface area contributed by atoms with Gasteiger partial charge >= 0.3 is 0 Å². The highest BCUT2D eigenvalue weighted by Crippen LogP contribution is 2.16. The first-order valence-electron chi connectivity index (χ1n) is 6.94. The zero-order chi connectivity index (χ0) is 14.9. The molecule has 0 aliphatic rings. The third-order valence-corrected chi connectivity index (χ3v) is 3.24. The van der Waals surface area contributed by atoms with Crippen LogP contribution >= 0.6 is 0 Å². The molecule has 21 heavy (non-hydrogen) atoms. The van der Waals surface area contributed by atoms with Crippen molar-refractivity contribution < 1.29 is 5.21 Å². The maximum Gasteiger partial charge on any atom is 0.141 e. The lowest BCUT2D eigenvalue weighted by molar-refractivity contribution is 0.315. The summed E-state index contributed by atoms with van der Waals surface area (Å²) in [6.07, 6.45) is 3.09. The molecule has 4 N–H and O–H groups in total. The number of oxime groups is 1. The molecule has 1 unspecified atom stereocenters. The molecule has 1 aromatic carbocycles. The van der Waals surface area contributed by atoms with Gasteiger partial charge in [0.15, 0.2) is 0 Å². The standard InChI is InChI=1S/C16H20N4O/c17-16(20-21)12-15(13-6-2-1-3-7-13)19-11-9-14-8-4-5-10-18-14/h1-8,10,15,19,21H,9,11-12H2,(H2,17,20). The van der Waals surface area contributed by atoms with Gasteiger partial charge in [0.2, 0.25) is 0 Å². The largest absolute Gasteiger partial charge is 0.409 e. The molecule has 5 heteroatoms. The zero-order valence-corrected chi connectivity index (χ0v) is 11.8. The van der Waals surface area contributed by atoms with E-state index in [1.54, 1.807) is 6.20 Å². The molecule has 0 saturated carbocycles. The van der Waals surface area contributed by atoms with Crippen LogP contribution in [0.25, 0.3) is 0 Å². The monoisotopic (exact) mass is 284 g/mol. The van der Waals surface area contributed by atoms with E-state index in [1.807, 2.05) is 48.5 Å². The molecule has 1 atom stereocenters. The van der Waals surface area contributed by atoms with Crippen LogP contribution in [0.3, 0.4) is 0 Å². The minimum absolute atomic E-state index is 0.0193. The number of nitrogens with two attached hydrogens (primary N) is 1. The third kappa shape index (κ3) is 4.89. The van der Waals surface area contributed by atoms with Crippen LogP contribution in [-0.2, 0) is 6.42 Å². The quantitative estimate of drug-likeness (QED) is 0.315. The lowest BCUT2D eigenvalue weighted by atomic mass is 10.0. The Morgan fingerprint density at radius 1 is 1.19 bits per heavy atom. The maximum atomic E-state index is 8.76. The summed E-state index contributed by atoms with van der Waals surface area (Å²) in [6.45, 7) is 0.773. The minimum atomic E-state index is 0.0193. The Bertz CT molecular complexity index is 557. The van der Waals surface area contributed by atoms with Gasteiger partial charge in [-0.15, -0.1) is 0 Å². The molecule has 0 aliphatic carbocycles. The summed E-state index contributed by atoms with van der Waals surface area (Å²) in [7, 11) is 0. The average Bonchev–Trinajstić information content (AvgIpc) is 2.55. The molecule has 110 valence electrons. The van der Waals surface area contributed by atoms with E-state index < -0.39 is 0 Å². The van der Waals surface area contributed by atoms with Gasteiger partial charge in [-0.1, -0.05) is 41.6 Å². The van der Waals surface area contributed by atoms with Crippen molar-refractivity contribution in [2.24, 2.45) is 10.9 Å². The molecule has 1 heterocycles. The van der Waals surface area contributed by atoms with Gasteiger partial charge in [0, 0.05) is 37.3 Å². The SMILES string of the molecule is NC(CC(NCCc1ccccn1)c1ccccc1)=NO. The number of benzene rings is 1. The molecule has 0 bridgehead atoms. The molecule has 0 saturated heterocycles. The van der Waals surface area contributed by atoms with Gasteiger partial charge in [0.05, 0.1) is 0 Å². The van der Waals surface area contributed by atoms with Gasteiger partial charge < -0.3 is 16.3 Å². The summed E-state index contributed by atoms with van der Waals surface area (Å²) < 4.78 is 0. The first kappa shape index (κ1) is 15.0. The molecule has 0 radical (unpaired) electrons. The average molecular weight is 284 g/mol. The van der Waals surface area contributed by atoms with Gasteiger partial charge in [-0.05, 0) is 17.7 Å². The third-order valence-electron chi connectivity index (χ3n) is 3.24. The van der Waals surface area contributed by atoms with Crippen LogP contribution in [0.1, 0.15) is 23.7 Å². The Balaban J connectivity index is 1.96. The number of hydrogen-bond donors (Lipinski definition) is 3. The normalized spacial score (nSPS) is 13.0. The van der Waals surface area contributed by atoms with Gasteiger partial charge in [-0.2, -0.15) is 0 Å². The fourth-order valence-electron chi connectivity index (χ4n) is 2.16. The van der Waals surface area contributed by atoms with Crippen molar-refractivity contribution in [3.63, 3.8) is 0 Å². The lowest BCUT2D eigenvalue weighted by Crippen LogP contribution is -2.28. The number of rotatable bonds is 7. The van der Waals surface area contributed by atoms with Crippen molar-refractivity contribution in [3.8, 4) is 0 Å². The van der Waals surface area contributed by atoms with Gasteiger partial charge in [0.1, 0.15) is 5.84 Å². The number of pyridine rings is 1. The molecule has 2 rings (SSSR count). The topological polar surface area (TPSA) is 83.5 Å². The fraction of sp³-hybridized carbons (Fsp3) is 0.250. The van der Waals surface area contributed by atoms with Crippen LogP contribution in [0.4, 0.5) is 0 Å². The Labute approximate surface area is 124 Å². The van der Waals surface area contributed by atoms with Crippen molar-refractivity contribution in [2.75, 3.05) is 6.54 Å². The van der Waals surface area contributed by atoms with Crippen molar-refractivity contribution in [1.82, 2.24) is 10.3 Å². The van der Waals surface area contributed by atoms with Crippen molar-refractivity contribution >= 4 is 5.84 Å². The van der Waals surface area contributed by atoms with Crippen LogP contribution < -0.4 is 11.1 Å². The van der Waals surface area contributed by atoms with Crippen molar-refractivity contribution in [2.45, 2.75) is 18.9 Å². The Kier molecular flexibility index (Phi) is 5.72. The highest BCUT2D eigenvalue weighted by atomic mass is 16.4. The molecule has 5 nitrogen and oxygen atoms in total. The molecule has 0 amide bonds. The van der Waals surface area contributed by atoms with Crippen LogP contribution in [0.2, 0.25) is 0 Å². The predicted molar refractivity (Wildman–Crippen MR) is 83.2 cm³/mol. The smallest absolute Gasteiger partial charge is 0.141 e. The molecule has 2 aromatic rings. The van der Waals surface area contributed by atoms with Crippen molar-refractivity contribution in [1.29, 1.82) is 0 Å². The van der Waals surface area contributed by atoms with E-state index in [0.717, 1.165) is 24.2 Å².